The molecule has 20 heavy (non-hydrogen) atoms. The Hall–Kier alpha value is -1.53. The smallest absolute Gasteiger partial charge is 0.126 e. The Balaban J connectivity index is 2.34. The van der Waals surface area contributed by atoms with Gasteiger partial charge in [-0.25, -0.2) is 4.98 Å². The summed E-state index contributed by atoms with van der Waals surface area (Å²) in [6, 6.07) is 5.98. The van der Waals surface area contributed by atoms with E-state index in [4.69, 9.17) is 11.1 Å². The number of aromatic nitrogens is 1. The second-order valence-corrected chi connectivity index (χ2v) is 6.39. The summed E-state index contributed by atoms with van der Waals surface area (Å²) in [7, 11) is 2.00. The molecule has 4 nitrogen and oxygen atoms in total. The molecule has 0 bridgehead atoms. The van der Waals surface area contributed by atoms with Crippen molar-refractivity contribution in [1.82, 2.24) is 4.98 Å². The van der Waals surface area contributed by atoms with Gasteiger partial charge in [0.25, 0.3) is 0 Å². The number of nitrogens with two attached hydrogens (primary N) is 1. The third-order valence-electron chi connectivity index (χ3n) is 2.97. The van der Waals surface area contributed by atoms with Crippen molar-refractivity contribution < 1.29 is 0 Å². The number of rotatable bonds is 5. The number of thioether (sulfide) groups is 1. The van der Waals surface area contributed by atoms with Gasteiger partial charge in [0.2, 0.25) is 0 Å². The van der Waals surface area contributed by atoms with E-state index in [0.29, 0.717) is 6.54 Å². The van der Waals surface area contributed by atoms with Crippen LogP contribution in [0.15, 0.2) is 28.5 Å². The van der Waals surface area contributed by atoms with Crippen LogP contribution >= 0.6 is 23.1 Å². The molecule has 106 valence electrons. The number of aryl methyl sites for hydroxylation is 1. The maximum atomic E-state index is 7.82. The molecule has 0 amide bonds. The summed E-state index contributed by atoms with van der Waals surface area (Å²) < 4.78 is 0. The molecular weight excluding hydrogens is 288 g/mol. The predicted molar refractivity (Wildman–Crippen MR) is 88.2 cm³/mol. The van der Waals surface area contributed by atoms with Gasteiger partial charge in [-0.3, -0.25) is 5.41 Å². The van der Waals surface area contributed by atoms with Crippen molar-refractivity contribution in [2.75, 3.05) is 18.2 Å². The molecule has 0 saturated carbocycles. The summed E-state index contributed by atoms with van der Waals surface area (Å²) in [4.78, 5) is 7.59. The zero-order valence-corrected chi connectivity index (χ0v) is 13.4. The van der Waals surface area contributed by atoms with Gasteiger partial charge in [-0.15, -0.1) is 23.1 Å². The Morgan fingerprint density at radius 3 is 2.80 bits per heavy atom. The number of thiazole rings is 1. The molecule has 0 aliphatic carbocycles. The molecule has 2 aromatic rings. The lowest BCUT2D eigenvalue weighted by atomic mass is 10.1. The summed E-state index contributed by atoms with van der Waals surface area (Å²) in [6.07, 6.45) is 2.00. The van der Waals surface area contributed by atoms with E-state index >= 15 is 0 Å². The highest BCUT2D eigenvalue weighted by Crippen LogP contribution is 2.29. The fourth-order valence-electron chi connectivity index (χ4n) is 2.09. The van der Waals surface area contributed by atoms with Gasteiger partial charge in [0, 0.05) is 23.0 Å². The van der Waals surface area contributed by atoms with E-state index in [0.717, 1.165) is 26.8 Å². The maximum absolute atomic E-state index is 7.82. The molecule has 0 radical (unpaired) electrons. The summed E-state index contributed by atoms with van der Waals surface area (Å²) >= 11 is 3.26. The second-order valence-electron chi connectivity index (χ2n) is 4.48. The minimum absolute atomic E-state index is 0.103. The first-order chi connectivity index (χ1) is 9.52. The van der Waals surface area contributed by atoms with Crippen LogP contribution in [0, 0.1) is 12.3 Å². The van der Waals surface area contributed by atoms with Gasteiger partial charge in [-0.1, -0.05) is 6.07 Å². The highest BCUT2D eigenvalue weighted by Gasteiger charge is 2.14. The molecule has 1 heterocycles. The Kier molecular flexibility index (Phi) is 4.67. The monoisotopic (exact) mass is 306 g/mol. The van der Waals surface area contributed by atoms with Gasteiger partial charge in [0.15, 0.2) is 0 Å². The molecule has 0 unspecified atom stereocenters. The molecule has 0 fully saturated rings. The Morgan fingerprint density at radius 1 is 1.50 bits per heavy atom. The molecule has 2 rings (SSSR count). The molecule has 3 N–H and O–H groups in total. The van der Waals surface area contributed by atoms with E-state index in [2.05, 4.69) is 15.3 Å². The van der Waals surface area contributed by atoms with Crippen molar-refractivity contribution >= 4 is 34.6 Å². The van der Waals surface area contributed by atoms with Gasteiger partial charge in [-0.05, 0) is 25.3 Å². The highest BCUT2D eigenvalue weighted by molar-refractivity contribution is 7.98. The van der Waals surface area contributed by atoms with E-state index < -0.39 is 0 Å². The lowest BCUT2D eigenvalue weighted by Crippen LogP contribution is -2.22. The zero-order valence-electron chi connectivity index (χ0n) is 11.8. The largest absolute Gasteiger partial charge is 0.384 e. The third-order valence-corrected chi connectivity index (χ3v) is 4.57. The van der Waals surface area contributed by atoms with Crippen molar-refractivity contribution in [3.05, 3.63) is 39.8 Å². The van der Waals surface area contributed by atoms with Gasteiger partial charge in [0.1, 0.15) is 5.84 Å². The van der Waals surface area contributed by atoms with Crippen LogP contribution in [0.1, 0.15) is 16.3 Å². The first kappa shape index (κ1) is 14.9. The Morgan fingerprint density at radius 2 is 2.25 bits per heavy atom. The van der Waals surface area contributed by atoms with Crippen LogP contribution in [0.2, 0.25) is 0 Å². The fraction of sp³-hybridized carbons (Fsp3) is 0.286. The van der Waals surface area contributed by atoms with Crippen molar-refractivity contribution in [1.29, 1.82) is 5.41 Å². The van der Waals surface area contributed by atoms with E-state index in [9.17, 15) is 0 Å². The Bertz CT molecular complexity index is 621. The normalized spacial score (nSPS) is 10.6. The van der Waals surface area contributed by atoms with Crippen LogP contribution in [0.25, 0.3) is 0 Å². The van der Waals surface area contributed by atoms with Gasteiger partial charge < -0.3 is 10.6 Å². The first-order valence-electron chi connectivity index (χ1n) is 6.16. The quantitative estimate of drug-likeness (QED) is 0.506. The fourth-order valence-corrected chi connectivity index (χ4v) is 3.32. The number of hydrogen-bond acceptors (Lipinski definition) is 5. The maximum Gasteiger partial charge on any atom is 0.126 e. The molecule has 0 aliphatic rings. The highest BCUT2D eigenvalue weighted by atomic mass is 32.2. The number of anilines is 1. The number of nitrogen functional groups attached to an aromatic ring is 1. The number of benzene rings is 1. The minimum Gasteiger partial charge on any atom is -0.384 e. The molecule has 0 saturated heterocycles. The van der Waals surface area contributed by atoms with E-state index in [1.165, 1.54) is 0 Å². The van der Waals surface area contributed by atoms with E-state index in [1.807, 2.05) is 38.4 Å². The van der Waals surface area contributed by atoms with Crippen LogP contribution in [0.5, 0.6) is 0 Å². The topological polar surface area (TPSA) is 66.0 Å². The average Bonchev–Trinajstić information content (AvgIpc) is 2.82. The molecule has 0 atom stereocenters. The molecule has 1 aromatic heterocycles. The van der Waals surface area contributed by atoms with Crippen LogP contribution in [0.3, 0.4) is 0 Å². The number of nitrogens with one attached hydrogen (secondary N) is 1. The lowest BCUT2D eigenvalue weighted by Gasteiger charge is -2.22. The minimum atomic E-state index is 0.103. The summed E-state index contributed by atoms with van der Waals surface area (Å²) in [6.45, 7) is 2.71. The molecule has 0 spiro atoms. The van der Waals surface area contributed by atoms with Crippen molar-refractivity contribution in [2.24, 2.45) is 5.73 Å². The van der Waals surface area contributed by atoms with E-state index in [-0.39, 0.29) is 5.84 Å². The number of hydrogen-bond donors (Lipinski definition) is 2. The van der Waals surface area contributed by atoms with Crippen molar-refractivity contribution in [3.8, 4) is 0 Å². The molecular formula is C14H18N4S2. The second kappa shape index (κ2) is 6.28. The molecule has 1 aromatic carbocycles. The SMILES string of the molecule is CSc1cccc(N(C)Cc2csc(C)n2)c1C(=N)N. The van der Waals surface area contributed by atoms with Crippen molar-refractivity contribution in [3.63, 3.8) is 0 Å². The van der Waals surface area contributed by atoms with Gasteiger partial charge in [-0.2, -0.15) is 0 Å². The zero-order chi connectivity index (χ0) is 14.7. The number of nitrogens with zero attached hydrogens (tertiary/aromatic N) is 2. The standard InChI is InChI=1S/C14H18N4S2/c1-9-17-10(8-20-9)7-18(2)11-5-4-6-12(19-3)13(11)14(15)16/h4-6,8H,7H2,1-3H3,(H3,15,16). The lowest BCUT2D eigenvalue weighted by molar-refractivity contribution is 0.886. The van der Waals surface area contributed by atoms with E-state index in [1.54, 1.807) is 23.1 Å². The molecule has 6 heteroatoms. The third kappa shape index (κ3) is 3.13. The average molecular weight is 306 g/mol. The summed E-state index contributed by atoms with van der Waals surface area (Å²) in [5.41, 5.74) is 8.56. The van der Waals surface area contributed by atoms with Crippen LogP contribution in [-0.4, -0.2) is 24.1 Å². The van der Waals surface area contributed by atoms with Crippen molar-refractivity contribution in [2.45, 2.75) is 18.4 Å². The number of amidine groups is 1. The Labute approximate surface area is 127 Å². The summed E-state index contributed by atoms with van der Waals surface area (Å²) in [5.74, 6) is 0.103. The van der Waals surface area contributed by atoms with Gasteiger partial charge >= 0.3 is 0 Å². The van der Waals surface area contributed by atoms with Crippen LogP contribution in [0.4, 0.5) is 5.69 Å². The first-order valence-corrected chi connectivity index (χ1v) is 8.27. The van der Waals surface area contributed by atoms with Crippen LogP contribution in [-0.2, 0) is 6.54 Å². The molecule has 0 aliphatic heterocycles. The van der Waals surface area contributed by atoms with Crippen LogP contribution < -0.4 is 10.6 Å². The summed E-state index contributed by atoms with van der Waals surface area (Å²) in [5, 5.41) is 11.0. The predicted octanol–water partition coefficient (Wildman–Crippen LogP) is 3.09. The van der Waals surface area contributed by atoms with Gasteiger partial charge in [0.05, 0.1) is 22.8 Å².